The summed E-state index contributed by atoms with van der Waals surface area (Å²) in [5.41, 5.74) is 3.36. The fraction of sp³-hybridized carbons (Fsp3) is 0.583. The van der Waals surface area contributed by atoms with Crippen LogP contribution in [0.3, 0.4) is 0 Å². The molecule has 1 atom stereocenters. The summed E-state index contributed by atoms with van der Waals surface area (Å²) >= 11 is 1.83. The van der Waals surface area contributed by atoms with E-state index in [1.807, 2.05) is 18.7 Å². The van der Waals surface area contributed by atoms with E-state index in [9.17, 15) is 4.79 Å². The molecular formula is C24H33N5O2S. The number of ether oxygens (including phenoxy) is 1. The number of H-pyrrole nitrogens is 1. The molecule has 1 saturated heterocycles. The molecule has 2 fully saturated rings. The molecular weight excluding hydrogens is 422 g/mol. The third-order valence-corrected chi connectivity index (χ3v) is 7.72. The average Bonchev–Trinajstić information content (AvgIpc) is 3.53. The molecule has 8 heteroatoms. The Morgan fingerprint density at radius 2 is 2.16 bits per heavy atom. The quantitative estimate of drug-likeness (QED) is 0.567. The molecule has 1 aromatic carbocycles. The van der Waals surface area contributed by atoms with E-state index in [1.54, 1.807) is 0 Å². The maximum Gasteiger partial charge on any atom is 0.234 e. The lowest BCUT2D eigenvalue weighted by atomic mass is 10.1. The summed E-state index contributed by atoms with van der Waals surface area (Å²) in [4.78, 5) is 22.5. The molecule has 1 saturated carbocycles. The molecule has 5 rings (SSSR count). The molecule has 3 aliphatic rings. The van der Waals surface area contributed by atoms with E-state index >= 15 is 0 Å². The molecule has 1 aliphatic carbocycles. The molecule has 3 heterocycles. The van der Waals surface area contributed by atoms with Crippen LogP contribution in [0.25, 0.3) is 10.9 Å². The number of aromatic nitrogens is 1. The van der Waals surface area contributed by atoms with Gasteiger partial charge in [0.05, 0.1) is 36.1 Å². The van der Waals surface area contributed by atoms with Gasteiger partial charge in [0.15, 0.2) is 0 Å². The van der Waals surface area contributed by atoms with Crippen molar-refractivity contribution in [1.29, 1.82) is 0 Å². The van der Waals surface area contributed by atoms with Crippen molar-refractivity contribution in [2.45, 2.75) is 51.1 Å². The van der Waals surface area contributed by atoms with Crippen molar-refractivity contribution >= 4 is 39.3 Å². The van der Waals surface area contributed by atoms with Crippen LogP contribution >= 0.6 is 11.8 Å². The number of rotatable bonds is 8. The standard InChI is InChI=1S/C24H33N5O2S/c1-2-31-19-11-16-12-21(28-23(16)20(13-19)26-17-5-3-4-6-17)24-27-18(15-32-24)7-9-29-10-8-25-22(30)14-29/h11-13,17-18,26,28H,2-10,14-15H2,1H3,(H,25,30)/t18-/m1/s1. The van der Waals surface area contributed by atoms with Gasteiger partial charge in [-0.3, -0.25) is 14.7 Å². The Morgan fingerprint density at radius 1 is 1.28 bits per heavy atom. The highest BCUT2D eigenvalue weighted by Crippen LogP contribution is 2.34. The van der Waals surface area contributed by atoms with Gasteiger partial charge in [0.1, 0.15) is 10.8 Å². The summed E-state index contributed by atoms with van der Waals surface area (Å²) in [7, 11) is 0. The summed E-state index contributed by atoms with van der Waals surface area (Å²) in [6.07, 6.45) is 6.07. The van der Waals surface area contributed by atoms with Crippen molar-refractivity contribution in [3.8, 4) is 5.75 Å². The monoisotopic (exact) mass is 455 g/mol. The smallest absolute Gasteiger partial charge is 0.234 e. The number of carbonyl (C=O) groups excluding carboxylic acids is 1. The maximum absolute atomic E-state index is 11.6. The number of fused-ring (bicyclic) bond motifs is 1. The van der Waals surface area contributed by atoms with Crippen LogP contribution in [-0.2, 0) is 4.79 Å². The number of nitrogens with zero attached hydrogens (tertiary/aromatic N) is 2. The number of hydrogen-bond donors (Lipinski definition) is 3. The zero-order valence-electron chi connectivity index (χ0n) is 18.8. The SMILES string of the molecule is CCOc1cc(NC2CCCC2)c2[nH]c(C3=N[C@H](CCN4CCNC(=O)C4)CS3)cc2c1. The Balaban J connectivity index is 1.32. The number of carbonyl (C=O) groups is 1. The summed E-state index contributed by atoms with van der Waals surface area (Å²) < 4.78 is 5.85. The topological polar surface area (TPSA) is 81.8 Å². The molecule has 0 bridgehead atoms. The van der Waals surface area contributed by atoms with Gasteiger partial charge in [-0.15, -0.1) is 11.8 Å². The van der Waals surface area contributed by atoms with Crippen LogP contribution in [0.5, 0.6) is 5.75 Å². The fourth-order valence-electron chi connectivity index (χ4n) is 4.91. The van der Waals surface area contributed by atoms with Crippen LogP contribution in [0.2, 0.25) is 0 Å². The van der Waals surface area contributed by atoms with Gasteiger partial charge >= 0.3 is 0 Å². The number of piperazine rings is 1. The number of aromatic amines is 1. The Hall–Kier alpha value is -2.19. The first kappa shape index (κ1) is 21.6. The van der Waals surface area contributed by atoms with Crippen molar-refractivity contribution < 1.29 is 9.53 Å². The minimum absolute atomic E-state index is 0.132. The molecule has 1 aromatic heterocycles. The number of nitrogens with one attached hydrogen (secondary N) is 3. The van der Waals surface area contributed by atoms with Gasteiger partial charge in [0, 0.05) is 42.9 Å². The Morgan fingerprint density at radius 3 is 2.97 bits per heavy atom. The number of hydrogen-bond acceptors (Lipinski definition) is 6. The van der Waals surface area contributed by atoms with Crippen molar-refractivity contribution in [3.05, 3.63) is 23.9 Å². The van der Waals surface area contributed by atoms with Gasteiger partial charge in [-0.05, 0) is 38.3 Å². The Bertz CT molecular complexity index is 998. The van der Waals surface area contributed by atoms with E-state index < -0.39 is 0 Å². The highest BCUT2D eigenvalue weighted by molar-refractivity contribution is 8.14. The summed E-state index contributed by atoms with van der Waals surface area (Å²) in [5, 5.41) is 8.90. The molecule has 2 aromatic rings. The molecule has 7 nitrogen and oxygen atoms in total. The number of thioether (sulfide) groups is 1. The normalized spacial score (nSPS) is 22.3. The minimum atomic E-state index is 0.132. The largest absolute Gasteiger partial charge is 0.494 e. The summed E-state index contributed by atoms with van der Waals surface area (Å²) in [6, 6.07) is 7.31. The second-order valence-corrected chi connectivity index (χ2v) is 10.00. The van der Waals surface area contributed by atoms with Crippen molar-refractivity contribution in [2.75, 3.05) is 43.9 Å². The van der Waals surface area contributed by atoms with Crippen LogP contribution in [0.1, 0.15) is 44.7 Å². The van der Waals surface area contributed by atoms with E-state index in [4.69, 9.17) is 9.73 Å². The number of aliphatic imine (C=N–C) groups is 1. The summed E-state index contributed by atoms with van der Waals surface area (Å²) in [6.45, 7) is 5.81. The minimum Gasteiger partial charge on any atom is -0.494 e. The van der Waals surface area contributed by atoms with Crippen LogP contribution in [-0.4, -0.2) is 71.5 Å². The highest BCUT2D eigenvalue weighted by Gasteiger charge is 2.24. The van der Waals surface area contributed by atoms with Gasteiger partial charge in [0.2, 0.25) is 5.91 Å². The van der Waals surface area contributed by atoms with Gasteiger partial charge in [-0.1, -0.05) is 12.8 Å². The molecule has 0 radical (unpaired) electrons. The van der Waals surface area contributed by atoms with Crippen LogP contribution < -0.4 is 15.4 Å². The third kappa shape index (κ3) is 4.91. The van der Waals surface area contributed by atoms with Gasteiger partial charge in [-0.2, -0.15) is 0 Å². The summed E-state index contributed by atoms with van der Waals surface area (Å²) in [5.74, 6) is 2.05. The lowest BCUT2D eigenvalue weighted by Crippen LogP contribution is -2.48. The first-order valence-corrected chi connectivity index (χ1v) is 12.9. The third-order valence-electron chi connectivity index (χ3n) is 6.57. The average molecular weight is 456 g/mol. The second-order valence-electron chi connectivity index (χ2n) is 8.99. The van der Waals surface area contributed by atoms with Gasteiger partial charge in [-0.25, -0.2) is 0 Å². The van der Waals surface area contributed by atoms with Crippen LogP contribution in [0.4, 0.5) is 5.69 Å². The lowest BCUT2D eigenvalue weighted by Gasteiger charge is -2.26. The number of benzene rings is 1. The van der Waals surface area contributed by atoms with Crippen molar-refractivity contribution in [1.82, 2.24) is 15.2 Å². The van der Waals surface area contributed by atoms with E-state index in [0.717, 1.165) is 64.9 Å². The number of anilines is 1. The Labute approximate surface area is 193 Å². The lowest BCUT2D eigenvalue weighted by molar-refractivity contribution is -0.124. The molecule has 0 spiro atoms. The molecule has 172 valence electrons. The number of amides is 1. The van der Waals surface area contributed by atoms with Crippen LogP contribution in [0.15, 0.2) is 23.2 Å². The molecule has 0 unspecified atom stereocenters. The van der Waals surface area contributed by atoms with Crippen molar-refractivity contribution in [2.24, 2.45) is 4.99 Å². The predicted molar refractivity (Wildman–Crippen MR) is 132 cm³/mol. The van der Waals surface area contributed by atoms with E-state index in [-0.39, 0.29) is 5.91 Å². The Kier molecular flexibility index (Phi) is 6.59. The van der Waals surface area contributed by atoms with Crippen LogP contribution in [0, 0.1) is 0 Å². The molecule has 1 amide bonds. The zero-order chi connectivity index (χ0) is 21.9. The zero-order valence-corrected chi connectivity index (χ0v) is 19.6. The first-order valence-electron chi connectivity index (χ1n) is 11.9. The first-order chi connectivity index (χ1) is 15.7. The van der Waals surface area contributed by atoms with Crippen molar-refractivity contribution in [3.63, 3.8) is 0 Å². The van der Waals surface area contributed by atoms with E-state index in [1.165, 1.54) is 25.7 Å². The van der Waals surface area contributed by atoms with Gasteiger partial charge in [0.25, 0.3) is 0 Å². The molecule has 2 aliphatic heterocycles. The second kappa shape index (κ2) is 9.75. The predicted octanol–water partition coefficient (Wildman–Crippen LogP) is 3.61. The van der Waals surface area contributed by atoms with E-state index in [0.29, 0.717) is 25.2 Å². The van der Waals surface area contributed by atoms with Gasteiger partial charge < -0.3 is 20.4 Å². The molecule has 32 heavy (non-hydrogen) atoms. The van der Waals surface area contributed by atoms with E-state index in [2.05, 4.69) is 38.7 Å². The molecule has 3 N–H and O–H groups in total. The highest BCUT2D eigenvalue weighted by atomic mass is 32.2. The maximum atomic E-state index is 11.6. The fourth-order valence-corrected chi connectivity index (χ4v) is 5.99.